The highest BCUT2D eigenvalue weighted by atomic mass is 32.1. The first-order valence-corrected chi connectivity index (χ1v) is 5.92. The normalized spacial score (nSPS) is 11.7. The standard InChI is InChI=1S/C12H10N2O2S/c13-8-10(11-4-1-5-16-11)14-12(15)7-9-3-2-6-17-9/h1-6,10H,7H2,(H,14,15). The summed E-state index contributed by atoms with van der Waals surface area (Å²) in [5.41, 5.74) is 0. The van der Waals surface area contributed by atoms with E-state index in [1.54, 1.807) is 12.1 Å². The van der Waals surface area contributed by atoms with Crippen molar-refractivity contribution in [2.75, 3.05) is 0 Å². The van der Waals surface area contributed by atoms with E-state index in [9.17, 15) is 4.79 Å². The quantitative estimate of drug-likeness (QED) is 0.899. The summed E-state index contributed by atoms with van der Waals surface area (Å²) in [4.78, 5) is 12.6. The van der Waals surface area contributed by atoms with Gasteiger partial charge in [0.05, 0.1) is 18.8 Å². The van der Waals surface area contributed by atoms with E-state index in [0.29, 0.717) is 5.76 Å². The van der Waals surface area contributed by atoms with Crippen LogP contribution in [0.3, 0.4) is 0 Å². The Kier molecular flexibility index (Phi) is 3.58. The number of nitrogens with one attached hydrogen (secondary N) is 1. The molecule has 4 nitrogen and oxygen atoms in total. The van der Waals surface area contributed by atoms with E-state index in [1.807, 2.05) is 23.6 Å². The van der Waals surface area contributed by atoms with Crippen LogP contribution in [0.4, 0.5) is 0 Å². The van der Waals surface area contributed by atoms with E-state index in [0.717, 1.165) is 4.88 Å². The third kappa shape index (κ3) is 2.95. The van der Waals surface area contributed by atoms with Crippen LogP contribution in [0.15, 0.2) is 40.3 Å². The summed E-state index contributed by atoms with van der Waals surface area (Å²) in [6.45, 7) is 0. The van der Waals surface area contributed by atoms with Crippen LogP contribution in [0.25, 0.3) is 0 Å². The van der Waals surface area contributed by atoms with Crippen LogP contribution in [-0.2, 0) is 11.2 Å². The lowest BCUT2D eigenvalue weighted by Crippen LogP contribution is -2.28. The molecule has 17 heavy (non-hydrogen) atoms. The Morgan fingerprint density at radius 3 is 3.00 bits per heavy atom. The predicted molar refractivity (Wildman–Crippen MR) is 63.2 cm³/mol. The zero-order valence-electron chi connectivity index (χ0n) is 8.92. The van der Waals surface area contributed by atoms with Gasteiger partial charge in [0, 0.05) is 4.88 Å². The number of hydrogen-bond donors (Lipinski definition) is 1. The summed E-state index contributed by atoms with van der Waals surface area (Å²) < 4.78 is 5.09. The van der Waals surface area contributed by atoms with Crippen molar-refractivity contribution in [2.45, 2.75) is 12.5 Å². The highest BCUT2D eigenvalue weighted by Gasteiger charge is 2.16. The zero-order valence-corrected chi connectivity index (χ0v) is 9.74. The van der Waals surface area contributed by atoms with Gasteiger partial charge in [0.15, 0.2) is 6.04 Å². The highest BCUT2D eigenvalue weighted by Crippen LogP contribution is 2.13. The predicted octanol–water partition coefficient (Wildman–Crippen LogP) is 2.26. The van der Waals surface area contributed by atoms with Gasteiger partial charge >= 0.3 is 0 Å². The number of rotatable bonds is 4. The van der Waals surface area contributed by atoms with Crippen LogP contribution in [-0.4, -0.2) is 5.91 Å². The van der Waals surface area contributed by atoms with Crippen molar-refractivity contribution in [1.82, 2.24) is 5.32 Å². The van der Waals surface area contributed by atoms with E-state index in [-0.39, 0.29) is 12.3 Å². The van der Waals surface area contributed by atoms with Crippen molar-refractivity contribution in [2.24, 2.45) is 0 Å². The van der Waals surface area contributed by atoms with Gasteiger partial charge in [-0.25, -0.2) is 0 Å². The maximum atomic E-state index is 11.7. The lowest BCUT2D eigenvalue weighted by molar-refractivity contribution is -0.120. The Bertz CT molecular complexity index is 511. The molecule has 0 saturated heterocycles. The Morgan fingerprint density at radius 1 is 1.53 bits per heavy atom. The van der Waals surface area contributed by atoms with Crippen molar-refractivity contribution < 1.29 is 9.21 Å². The van der Waals surface area contributed by atoms with E-state index < -0.39 is 6.04 Å². The van der Waals surface area contributed by atoms with Gasteiger partial charge in [0.1, 0.15) is 5.76 Å². The van der Waals surface area contributed by atoms with Crippen LogP contribution in [0.2, 0.25) is 0 Å². The number of furan rings is 1. The number of thiophene rings is 1. The molecular formula is C12H10N2O2S. The SMILES string of the molecule is N#CC(NC(=O)Cc1cccs1)c1ccco1. The third-order valence-corrected chi connectivity index (χ3v) is 3.05. The van der Waals surface area contributed by atoms with Gasteiger partial charge in [-0.15, -0.1) is 11.3 Å². The van der Waals surface area contributed by atoms with Crippen molar-refractivity contribution in [3.8, 4) is 6.07 Å². The van der Waals surface area contributed by atoms with E-state index in [2.05, 4.69) is 5.32 Å². The molecule has 0 aromatic carbocycles. The molecule has 0 aliphatic rings. The van der Waals surface area contributed by atoms with Crippen molar-refractivity contribution >= 4 is 17.2 Å². The average Bonchev–Trinajstić information content (AvgIpc) is 2.97. The number of hydrogen-bond acceptors (Lipinski definition) is 4. The Morgan fingerprint density at radius 2 is 2.41 bits per heavy atom. The molecule has 2 heterocycles. The first-order chi connectivity index (χ1) is 8.29. The fourth-order valence-electron chi connectivity index (χ4n) is 1.41. The highest BCUT2D eigenvalue weighted by molar-refractivity contribution is 7.10. The second-order valence-corrected chi connectivity index (χ2v) is 4.43. The molecule has 0 saturated carbocycles. The van der Waals surface area contributed by atoms with Crippen molar-refractivity contribution in [3.05, 3.63) is 46.5 Å². The van der Waals surface area contributed by atoms with E-state index in [4.69, 9.17) is 9.68 Å². The van der Waals surface area contributed by atoms with Crippen LogP contribution < -0.4 is 5.32 Å². The Hall–Kier alpha value is -2.06. The molecule has 5 heteroatoms. The van der Waals surface area contributed by atoms with Crippen molar-refractivity contribution in [1.29, 1.82) is 5.26 Å². The smallest absolute Gasteiger partial charge is 0.226 e. The second kappa shape index (κ2) is 5.32. The van der Waals surface area contributed by atoms with Crippen LogP contribution in [0.1, 0.15) is 16.7 Å². The number of nitriles is 1. The van der Waals surface area contributed by atoms with Gasteiger partial charge in [-0.2, -0.15) is 5.26 Å². The fourth-order valence-corrected chi connectivity index (χ4v) is 2.11. The maximum absolute atomic E-state index is 11.7. The summed E-state index contributed by atoms with van der Waals surface area (Å²) in [6, 6.07) is 8.40. The van der Waals surface area contributed by atoms with Gasteiger partial charge in [-0.1, -0.05) is 6.07 Å². The molecule has 0 radical (unpaired) electrons. The molecule has 0 aliphatic heterocycles. The summed E-state index contributed by atoms with van der Waals surface area (Å²) in [7, 11) is 0. The number of carbonyl (C=O) groups excluding carboxylic acids is 1. The lowest BCUT2D eigenvalue weighted by Gasteiger charge is -2.08. The molecule has 0 aliphatic carbocycles. The first-order valence-electron chi connectivity index (χ1n) is 5.04. The molecule has 1 atom stereocenters. The van der Waals surface area contributed by atoms with Gasteiger partial charge in [0.25, 0.3) is 0 Å². The summed E-state index contributed by atoms with van der Waals surface area (Å²) >= 11 is 1.52. The summed E-state index contributed by atoms with van der Waals surface area (Å²) in [6.07, 6.45) is 1.77. The fraction of sp³-hybridized carbons (Fsp3) is 0.167. The van der Waals surface area contributed by atoms with Gasteiger partial charge in [-0.05, 0) is 23.6 Å². The van der Waals surface area contributed by atoms with Gasteiger partial charge in [0.2, 0.25) is 5.91 Å². The largest absolute Gasteiger partial charge is 0.466 e. The topological polar surface area (TPSA) is 66.0 Å². The number of amides is 1. The number of carbonyl (C=O) groups is 1. The molecule has 0 fully saturated rings. The average molecular weight is 246 g/mol. The molecule has 0 spiro atoms. The van der Waals surface area contributed by atoms with Crippen LogP contribution in [0, 0.1) is 11.3 Å². The molecule has 1 N–H and O–H groups in total. The zero-order chi connectivity index (χ0) is 12.1. The molecular weight excluding hydrogens is 236 g/mol. The minimum Gasteiger partial charge on any atom is -0.466 e. The maximum Gasteiger partial charge on any atom is 0.226 e. The second-order valence-electron chi connectivity index (χ2n) is 3.40. The molecule has 0 bridgehead atoms. The number of nitrogens with zero attached hydrogens (tertiary/aromatic N) is 1. The third-order valence-electron chi connectivity index (χ3n) is 2.18. The Balaban J connectivity index is 1.96. The molecule has 86 valence electrons. The molecule has 2 aromatic rings. The van der Waals surface area contributed by atoms with Crippen molar-refractivity contribution in [3.63, 3.8) is 0 Å². The van der Waals surface area contributed by atoms with Crippen LogP contribution >= 0.6 is 11.3 Å². The summed E-state index contributed by atoms with van der Waals surface area (Å²) in [5.74, 6) is 0.266. The summed E-state index contributed by atoms with van der Waals surface area (Å²) in [5, 5.41) is 13.5. The lowest BCUT2D eigenvalue weighted by atomic mass is 10.2. The van der Waals surface area contributed by atoms with Gasteiger partial charge < -0.3 is 9.73 Å². The monoisotopic (exact) mass is 246 g/mol. The molecule has 1 unspecified atom stereocenters. The van der Waals surface area contributed by atoms with Gasteiger partial charge in [-0.3, -0.25) is 4.79 Å². The molecule has 2 aromatic heterocycles. The van der Waals surface area contributed by atoms with E-state index >= 15 is 0 Å². The molecule has 1 amide bonds. The minimum atomic E-state index is -0.725. The first kappa shape index (κ1) is 11.4. The van der Waals surface area contributed by atoms with E-state index in [1.165, 1.54) is 17.6 Å². The Labute approximate surface area is 102 Å². The van der Waals surface area contributed by atoms with Crippen LogP contribution in [0.5, 0.6) is 0 Å². The molecule has 2 rings (SSSR count). The minimum absolute atomic E-state index is 0.185.